The average molecular weight is 508 g/mol. The highest BCUT2D eigenvalue weighted by atomic mass is 16.6. The van der Waals surface area contributed by atoms with E-state index in [-0.39, 0.29) is 37.1 Å². The molecule has 2 saturated heterocycles. The molecule has 0 aliphatic carbocycles. The Bertz CT molecular complexity index is 1020. The Balaban J connectivity index is 1.53. The number of likely N-dealkylation sites (tertiary alicyclic amines) is 1. The first kappa shape index (κ1) is 27.7. The van der Waals surface area contributed by atoms with Gasteiger partial charge in [-0.05, 0) is 65.3 Å². The van der Waals surface area contributed by atoms with E-state index in [1.165, 1.54) is 22.3 Å². The predicted molar refractivity (Wildman–Crippen MR) is 148 cm³/mol. The van der Waals surface area contributed by atoms with Gasteiger partial charge in [-0.1, -0.05) is 84.0 Å². The van der Waals surface area contributed by atoms with Crippen molar-refractivity contribution in [2.75, 3.05) is 13.2 Å². The molecule has 4 atom stereocenters. The van der Waals surface area contributed by atoms with E-state index in [9.17, 15) is 4.79 Å². The van der Waals surface area contributed by atoms with Gasteiger partial charge in [0.1, 0.15) is 6.61 Å². The van der Waals surface area contributed by atoms with E-state index in [0.717, 1.165) is 25.0 Å². The summed E-state index contributed by atoms with van der Waals surface area (Å²) in [5, 5.41) is 0. The lowest BCUT2D eigenvalue weighted by atomic mass is 9.82. The van der Waals surface area contributed by atoms with Crippen molar-refractivity contribution in [3.63, 3.8) is 0 Å². The van der Waals surface area contributed by atoms with Crippen LogP contribution in [0.1, 0.15) is 113 Å². The zero-order valence-corrected chi connectivity index (χ0v) is 23.7. The molecule has 2 fully saturated rings. The van der Waals surface area contributed by atoms with Crippen LogP contribution >= 0.6 is 0 Å². The number of nitrogens with zero attached hydrogens (tertiary/aromatic N) is 1. The van der Waals surface area contributed by atoms with Gasteiger partial charge in [-0.2, -0.15) is 0 Å². The Morgan fingerprint density at radius 1 is 0.973 bits per heavy atom. The van der Waals surface area contributed by atoms with Gasteiger partial charge in [0, 0.05) is 6.54 Å². The van der Waals surface area contributed by atoms with Crippen LogP contribution in [0.15, 0.2) is 42.5 Å². The maximum atomic E-state index is 13.1. The van der Waals surface area contributed by atoms with E-state index < -0.39 is 0 Å². The second-order valence-electron chi connectivity index (χ2n) is 11.7. The van der Waals surface area contributed by atoms with Crippen LogP contribution in [0.5, 0.6) is 0 Å². The number of amides is 1. The Labute approximate surface area is 223 Å². The highest BCUT2D eigenvalue weighted by Gasteiger charge is 2.43. The molecule has 0 spiro atoms. The molecule has 1 amide bonds. The summed E-state index contributed by atoms with van der Waals surface area (Å²) in [4.78, 5) is 15.0. The van der Waals surface area contributed by atoms with Crippen molar-refractivity contribution in [3.8, 4) is 0 Å². The van der Waals surface area contributed by atoms with E-state index in [0.29, 0.717) is 24.3 Å². The number of carbonyl (C=O) groups excluding carboxylic acids is 1. The van der Waals surface area contributed by atoms with Gasteiger partial charge in [0.15, 0.2) is 0 Å². The number of ether oxygens (including phenoxy) is 3. The van der Waals surface area contributed by atoms with Crippen LogP contribution in [-0.2, 0) is 20.8 Å². The molecule has 202 valence electrons. The zero-order chi connectivity index (χ0) is 26.7. The summed E-state index contributed by atoms with van der Waals surface area (Å²) in [6, 6.07) is 14.6. The first-order valence-electron chi connectivity index (χ1n) is 14.1. The molecular formula is C32H45NO4. The van der Waals surface area contributed by atoms with Gasteiger partial charge in [-0.25, -0.2) is 4.79 Å². The topological polar surface area (TPSA) is 51.3 Å². The van der Waals surface area contributed by atoms with E-state index >= 15 is 0 Å². The fourth-order valence-corrected chi connectivity index (χ4v) is 5.58. The Hall–Kier alpha value is -2.37. The molecule has 1 unspecified atom stereocenters. The number of epoxide rings is 1. The molecule has 37 heavy (non-hydrogen) atoms. The summed E-state index contributed by atoms with van der Waals surface area (Å²) in [6.45, 7) is 17.5. The monoisotopic (exact) mass is 507 g/mol. The summed E-state index contributed by atoms with van der Waals surface area (Å²) in [5.74, 6) is 1.29. The van der Waals surface area contributed by atoms with Gasteiger partial charge in [-0.3, -0.25) is 0 Å². The minimum absolute atomic E-state index is 0.0434. The zero-order valence-electron chi connectivity index (χ0n) is 23.7. The molecule has 2 aromatic rings. The van der Waals surface area contributed by atoms with Crippen LogP contribution in [0.3, 0.4) is 0 Å². The van der Waals surface area contributed by atoms with Crippen LogP contribution in [0.25, 0.3) is 0 Å². The number of hydrogen-bond acceptors (Lipinski definition) is 4. The predicted octanol–water partition coefficient (Wildman–Crippen LogP) is 7.70. The van der Waals surface area contributed by atoms with Crippen molar-refractivity contribution in [1.29, 1.82) is 0 Å². The molecule has 5 heteroatoms. The summed E-state index contributed by atoms with van der Waals surface area (Å²) >= 11 is 0. The molecule has 0 aromatic heterocycles. The smallest absolute Gasteiger partial charge is 0.410 e. The lowest BCUT2D eigenvalue weighted by Gasteiger charge is -2.32. The van der Waals surface area contributed by atoms with Gasteiger partial charge in [0.05, 0.1) is 31.0 Å². The molecular weight excluding hydrogens is 462 g/mol. The van der Waals surface area contributed by atoms with E-state index in [1.54, 1.807) is 0 Å². The maximum absolute atomic E-state index is 13.1. The van der Waals surface area contributed by atoms with Gasteiger partial charge in [0.2, 0.25) is 0 Å². The lowest BCUT2D eigenvalue weighted by molar-refractivity contribution is -0.0261. The maximum Gasteiger partial charge on any atom is 0.410 e. The third kappa shape index (κ3) is 6.74. The quantitative estimate of drug-likeness (QED) is 0.309. The van der Waals surface area contributed by atoms with Crippen molar-refractivity contribution >= 4 is 6.09 Å². The summed E-state index contributed by atoms with van der Waals surface area (Å²) in [7, 11) is 0. The number of benzene rings is 2. The summed E-state index contributed by atoms with van der Waals surface area (Å²) in [5.41, 5.74) is 6.45. The molecule has 0 saturated carbocycles. The van der Waals surface area contributed by atoms with Crippen molar-refractivity contribution in [1.82, 2.24) is 4.90 Å². The highest BCUT2D eigenvalue weighted by molar-refractivity contribution is 5.68. The standard InChI is InChI=1S/C32H45NO4/c1-20(2)25-15-27(21(3)4)31(28(16-25)22(5)6)23(7)37-30-13-14-33(29(30)17-26-19-35-26)32(34)36-18-24-11-9-8-10-12-24/h8-12,15-16,20-23,26,29-30H,13-14,17-19H2,1-7H3/t23-,26?,29+,30+/m0/s1. The van der Waals surface area contributed by atoms with Crippen molar-refractivity contribution in [2.24, 2.45) is 0 Å². The molecule has 0 bridgehead atoms. The number of rotatable bonds is 10. The largest absolute Gasteiger partial charge is 0.445 e. The highest BCUT2D eigenvalue weighted by Crippen LogP contribution is 2.39. The van der Waals surface area contributed by atoms with Crippen LogP contribution < -0.4 is 0 Å². The normalized spacial score (nSPS) is 22.2. The van der Waals surface area contributed by atoms with E-state index in [2.05, 4.69) is 60.6 Å². The Morgan fingerprint density at radius 3 is 2.14 bits per heavy atom. The second-order valence-corrected chi connectivity index (χ2v) is 11.7. The number of hydrogen-bond donors (Lipinski definition) is 0. The minimum Gasteiger partial charge on any atom is -0.445 e. The van der Waals surface area contributed by atoms with Crippen molar-refractivity contribution in [2.45, 2.75) is 110 Å². The first-order valence-corrected chi connectivity index (χ1v) is 14.1. The molecule has 2 heterocycles. The molecule has 0 N–H and O–H groups in total. The molecule has 2 aliphatic heterocycles. The van der Waals surface area contributed by atoms with Gasteiger partial charge < -0.3 is 19.1 Å². The fraction of sp³-hybridized carbons (Fsp3) is 0.594. The molecule has 5 nitrogen and oxygen atoms in total. The lowest BCUT2D eigenvalue weighted by Crippen LogP contribution is -2.42. The summed E-state index contributed by atoms with van der Waals surface area (Å²) < 4.78 is 18.1. The average Bonchev–Trinajstić information content (AvgIpc) is 3.61. The van der Waals surface area contributed by atoms with Crippen LogP contribution in [0, 0.1) is 0 Å². The van der Waals surface area contributed by atoms with Crippen LogP contribution in [-0.4, -0.2) is 42.4 Å². The van der Waals surface area contributed by atoms with Crippen molar-refractivity contribution < 1.29 is 19.0 Å². The number of carbonyl (C=O) groups is 1. The molecule has 2 aliphatic rings. The van der Waals surface area contributed by atoms with E-state index in [1.807, 2.05) is 35.2 Å². The minimum atomic E-state index is -0.264. The second kappa shape index (κ2) is 12.0. The van der Waals surface area contributed by atoms with Gasteiger partial charge in [0.25, 0.3) is 0 Å². The van der Waals surface area contributed by atoms with Gasteiger partial charge in [-0.15, -0.1) is 0 Å². The third-order valence-corrected chi connectivity index (χ3v) is 7.79. The molecule has 2 aromatic carbocycles. The van der Waals surface area contributed by atoms with Gasteiger partial charge >= 0.3 is 6.09 Å². The first-order chi connectivity index (χ1) is 17.7. The van der Waals surface area contributed by atoms with E-state index in [4.69, 9.17) is 14.2 Å². The Morgan fingerprint density at radius 2 is 1.59 bits per heavy atom. The Kier molecular flexibility index (Phi) is 8.97. The van der Waals surface area contributed by atoms with Crippen LogP contribution in [0.2, 0.25) is 0 Å². The molecule has 4 rings (SSSR count). The van der Waals surface area contributed by atoms with Crippen molar-refractivity contribution in [3.05, 3.63) is 70.3 Å². The third-order valence-electron chi connectivity index (χ3n) is 7.79. The van der Waals surface area contributed by atoms with Crippen LogP contribution in [0.4, 0.5) is 4.79 Å². The molecule has 0 radical (unpaired) electrons. The summed E-state index contributed by atoms with van der Waals surface area (Å²) in [6.07, 6.45) is 1.42. The SMILES string of the molecule is CC(C)c1cc(C(C)C)c([C@H](C)O[C@@H]2CCN(C(=O)OCc3ccccc3)[C@@H]2CC2CO2)c(C(C)C)c1. The fourth-order valence-electron chi connectivity index (χ4n) is 5.58.